The highest BCUT2D eigenvalue weighted by Crippen LogP contribution is 2.59. The van der Waals surface area contributed by atoms with E-state index < -0.39 is 13.5 Å². The molecule has 0 bridgehead atoms. The molecule has 0 amide bonds. The smallest absolute Gasteiger partial charge is 0.179 e. The van der Waals surface area contributed by atoms with E-state index in [2.05, 4.69) is 312 Å². The van der Waals surface area contributed by atoms with E-state index in [0.29, 0.717) is 0 Å². The van der Waals surface area contributed by atoms with Gasteiger partial charge in [0, 0.05) is 27.2 Å². The van der Waals surface area contributed by atoms with Gasteiger partial charge in [-0.1, -0.05) is 267 Å². The lowest BCUT2D eigenvalue weighted by Gasteiger charge is -2.35. The second-order valence-electron chi connectivity index (χ2n) is 20.2. The van der Waals surface area contributed by atoms with Crippen molar-refractivity contribution in [3.05, 3.63) is 326 Å². The molecule has 12 aromatic carbocycles. The molecule has 356 valence electrons. The zero-order valence-electron chi connectivity index (χ0n) is 41.8. The molecule has 1 aliphatic carbocycles. The molecule has 0 fully saturated rings. The van der Waals surface area contributed by atoms with Crippen LogP contribution in [0.2, 0.25) is 0 Å². The van der Waals surface area contributed by atoms with Crippen molar-refractivity contribution in [1.29, 1.82) is 0 Å². The molecule has 0 radical (unpaired) electrons. The van der Waals surface area contributed by atoms with Crippen molar-refractivity contribution in [1.82, 2.24) is 9.13 Å². The summed E-state index contributed by atoms with van der Waals surface area (Å²) in [6.07, 6.45) is 0. The summed E-state index contributed by atoms with van der Waals surface area (Å²) in [6, 6.07) is 114. The van der Waals surface area contributed by atoms with Crippen LogP contribution in [0.5, 0.6) is 0 Å². The maximum absolute atomic E-state index is 2.86. The molecule has 0 saturated carbocycles. The lowest BCUT2D eigenvalue weighted by Crippen LogP contribution is -2.74. The van der Waals surface area contributed by atoms with Gasteiger partial charge in [0.25, 0.3) is 0 Å². The Morgan fingerprint density at radius 3 is 1.37 bits per heavy atom. The van der Waals surface area contributed by atoms with Gasteiger partial charge in [-0.05, 0) is 102 Å². The molecule has 1 aliphatic rings. The van der Waals surface area contributed by atoms with Crippen LogP contribution >= 0.6 is 0 Å². The highest BCUT2D eigenvalue weighted by molar-refractivity contribution is 7.19. The maximum Gasteiger partial charge on any atom is 0.179 e. The number of aromatic nitrogens is 2. The Kier molecular flexibility index (Phi) is 10.2. The van der Waals surface area contributed by atoms with Gasteiger partial charge in [0.1, 0.15) is 0 Å². The molecule has 15 rings (SSSR count). The summed E-state index contributed by atoms with van der Waals surface area (Å²) in [5.41, 5.74) is 16.5. The molecule has 0 saturated heterocycles. The van der Waals surface area contributed by atoms with Gasteiger partial charge in [0.2, 0.25) is 0 Å². The first-order valence-electron chi connectivity index (χ1n) is 26.4. The van der Waals surface area contributed by atoms with Gasteiger partial charge in [-0.25, -0.2) is 0 Å². The predicted octanol–water partition coefficient (Wildman–Crippen LogP) is 15.3. The van der Waals surface area contributed by atoms with Crippen LogP contribution in [0.15, 0.2) is 303 Å². The zero-order valence-corrected chi connectivity index (χ0v) is 42.8. The number of benzene rings is 12. The van der Waals surface area contributed by atoms with Crippen LogP contribution in [-0.4, -0.2) is 17.2 Å². The van der Waals surface area contributed by atoms with Gasteiger partial charge in [-0.2, -0.15) is 0 Å². The fraction of sp³-hybridized carbons (Fsp3) is 0.0137. The highest BCUT2D eigenvalue weighted by atomic mass is 28.3. The Bertz CT molecular complexity index is 4360. The molecule has 0 atom stereocenters. The topological polar surface area (TPSA) is 9.86 Å². The van der Waals surface area contributed by atoms with E-state index in [1.54, 1.807) is 0 Å². The normalized spacial score (nSPS) is 12.8. The SMILES string of the molecule is c1ccc(C2(c3ccccc3)c3ccccc3-c3cccc(-c4cccc5c4c4ccccc4n5-c4cccc5c6ccccc6n(-c6cccc([Si](c7ccccc7)(c7ccccc7)c7ccccc7)c6)c45)c32)cc1. The molecule has 0 N–H and O–H groups in total. The van der Waals surface area contributed by atoms with Crippen LogP contribution in [0.3, 0.4) is 0 Å². The summed E-state index contributed by atoms with van der Waals surface area (Å²) in [5.74, 6) is 0. The molecule has 3 heteroatoms. The Morgan fingerprint density at radius 1 is 0.289 bits per heavy atom. The molecule has 0 unspecified atom stereocenters. The quantitative estimate of drug-likeness (QED) is 0.101. The Morgan fingerprint density at radius 2 is 0.724 bits per heavy atom. The van der Waals surface area contributed by atoms with Crippen LogP contribution < -0.4 is 20.7 Å². The largest absolute Gasteiger partial charge is 0.307 e. The molecule has 0 spiro atoms. The van der Waals surface area contributed by atoms with Crippen molar-refractivity contribution in [2.75, 3.05) is 0 Å². The fourth-order valence-electron chi connectivity index (χ4n) is 13.6. The third-order valence-electron chi connectivity index (χ3n) is 16.5. The lowest BCUT2D eigenvalue weighted by molar-refractivity contribution is 0.770. The van der Waals surface area contributed by atoms with Crippen LogP contribution in [0.4, 0.5) is 0 Å². The fourth-order valence-corrected chi connectivity index (χ4v) is 18.4. The molecule has 0 aliphatic heterocycles. The third-order valence-corrected chi connectivity index (χ3v) is 21.3. The molecular formula is C73H50N2Si. The van der Waals surface area contributed by atoms with Crippen LogP contribution in [-0.2, 0) is 5.41 Å². The van der Waals surface area contributed by atoms with Gasteiger partial charge < -0.3 is 9.13 Å². The number of fused-ring (bicyclic) bond motifs is 9. The summed E-state index contributed by atoms with van der Waals surface area (Å²) < 4.78 is 5.09. The number of hydrogen-bond acceptors (Lipinski definition) is 0. The zero-order chi connectivity index (χ0) is 50.2. The van der Waals surface area contributed by atoms with E-state index in [1.807, 2.05) is 0 Å². The van der Waals surface area contributed by atoms with E-state index in [4.69, 9.17) is 0 Å². The Balaban J connectivity index is 1.01. The summed E-state index contributed by atoms with van der Waals surface area (Å²) in [6.45, 7) is 0. The molecule has 2 aromatic heterocycles. The lowest BCUT2D eigenvalue weighted by atomic mass is 9.66. The predicted molar refractivity (Wildman–Crippen MR) is 321 cm³/mol. The van der Waals surface area contributed by atoms with Crippen molar-refractivity contribution >= 4 is 72.4 Å². The van der Waals surface area contributed by atoms with Gasteiger partial charge >= 0.3 is 0 Å². The number of nitrogens with zero attached hydrogens (tertiary/aromatic N) is 2. The van der Waals surface area contributed by atoms with E-state index in [9.17, 15) is 0 Å². The number of para-hydroxylation sites is 3. The Hall–Kier alpha value is -9.54. The van der Waals surface area contributed by atoms with E-state index in [1.165, 1.54) is 109 Å². The van der Waals surface area contributed by atoms with E-state index in [0.717, 1.165) is 11.4 Å². The summed E-state index contributed by atoms with van der Waals surface area (Å²) in [4.78, 5) is 0. The van der Waals surface area contributed by atoms with Crippen molar-refractivity contribution < 1.29 is 0 Å². The van der Waals surface area contributed by atoms with Crippen LogP contribution in [0.25, 0.3) is 77.2 Å². The number of hydrogen-bond donors (Lipinski definition) is 0. The minimum atomic E-state index is -2.86. The average molecular weight is 983 g/mol. The van der Waals surface area contributed by atoms with Gasteiger partial charge in [0.15, 0.2) is 8.07 Å². The first-order valence-corrected chi connectivity index (χ1v) is 28.4. The van der Waals surface area contributed by atoms with Gasteiger partial charge in [-0.3, -0.25) is 0 Å². The van der Waals surface area contributed by atoms with Gasteiger partial charge in [-0.15, -0.1) is 0 Å². The van der Waals surface area contributed by atoms with E-state index in [-0.39, 0.29) is 0 Å². The van der Waals surface area contributed by atoms with Crippen molar-refractivity contribution in [3.63, 3.8) is 0 Å². The minimum Gasteiger partial charge on any atom is -0.307 e. The van der Waals surface area contributed by atoms with Crippen LogP contribution in [0, 0.1) is 0 Å². The standard InChI is InChI=1S/C73H50N2Si/c1-6-26-51(27-7-1)73(52-28-8-2-9-29-52)65-45-19-16-38-58(65)61-42-23-43-62(71(61)73)60-41-24-48-68-70(60)64-40-18-21-47-67(64)75(68)69-49-25-44-63-59-39-17-20-46-66(59)74(72(63)69)53-30-22-37-57(50-53)76(54-31-10-3-11-32-54,55-33-12-4-13-34-55)56-35-14-5-15-36-56/h1-50H. The molecule has 14 aromatic rings. The summed E-state index contributed by atoms with van der Waals surface area (Å²) in [7, 11) is -2.86. The Labute approximate surface area is 443 Å². The summed E-state index contributed by atoms with van der Waals surface area (Å²) >= 11 is 0. The monoisotopic (exact) mass is 982 g/mol. The second-order valence-corrected chi connectivity index (χ2v) is 24.0. The third kappa shape index (κ3) is 6.27. The van der Waals surface area contributed by atoms with Crippen molar-refractivity contribution in [3.8, 4) is 33.6 Å². The molecular weight excluding hydrogens is 933 g/mol. The molecule has 2 heterocycles. The van der Waals surface area contributed by atoms with Crippen molar-refractivity contribution in [2.45, 2.75) is 5.41 Å². The van der Waals surface area contributed by atoms with Crippen molar-refractivity contribution in [2.24, 2.45) is 0 Å². The first kappa shape index (κ1) is 44.0. The maximum atomic E-state index is 2.55. The summed E-state index contributed by atoms with van der Waals surface area (Å²) in [5, 5.41) is 10.3. The number of rotatable bonds is 9. The minimum absolute atomic E-state index is 0.561. The molecule has 2 nitrogen and oxygen atoms in total. The molecule has 76 heavy (non-hydrogen) atoms. The highest BCUT2D eigenvalue weighted by Gasteiger charge is 2.48. The first-order chi connectivity index (χ1) is 37.8. The average Bonchev–Trinajstić information content (AvgIpc) is 4.20. The second kappa shape index (κ2) is 17.6. The van der Waals surface area contributed by atoms with E-state index >= 15 is 0 Å². The van der Waals surface area contributed by atoms with Crippen LogP contribution in [0.1, 0.15) is 22.3 Å². The van der Waals surface area contributed by atoms with Gasteiger partial charge in [0.05, 0.1) is 33.2 Å².